The van der Waals surface area contributed by atoms with E-state index in [1.54, 1.807) is 14.0 Å². The van der Waals surface area contributed by atoms with Crippen molar-refractivity contribution in [1.29, 1.82) is 0 Å². The molecule has 0 aromatic heterocycles. The number of hydrogen-bond donors (Lipinski definition) is 1. The zero-order valence-corrected chi connectivity index (χ0v) is 9.14. The second-order valence-electron chi connectivity index (χ2n) is 4.29. The van der Waals surface area contributed by atoms with Crippen LogP contribution in [0.5, 0.6) is 5.75 Å². The molecule has 0 spiro atoms. The van der Waals surface area contributed by atoms with Crippen LogP contribution in [0.15, 0.2) is 12.1 Å². The first-order chi connectivity index (χ1) is 7.13. The van der Waals surface area contributed by atoms with Crippen LogP contribution in [0.4, 0.5) is 4.39 Å². The average Bonchev–Trinajstić information content (AvgIpc) is 3.02. The Morgan fingerprint density at radius 1 is 1.47 bits per heavy atom. The van der Waals surface area contributed by atoms with E-state index in [4.69, 9.17) is 10.5 Å². The molecule has 0 radical (unpaired) electrons. The van der Waals surface area contributed by atoms with Gasteiger partial charge in [0.15, 0.2) is 0 Å². The molecular weight excluding hydrogens is 193 g/mol. The molecule has 1 aliphatic rings. The molecule has 1 saturated carbocycles. The van der Waals surface area contributed by atoms with Crippen LogP contribution in [0, 0.1) is 12.7 Å². The quantitative estimate of drug-likeness (QED) is 0.827. The first kappa shape index (κ1) is 10.4. The minimum absolute atomic E-state index is 0.0454. The highest BCUT2D eigenvalue weighted by Crippen LogP contribution is 2.50. The Bertz CT molecular complexity index is 385. The van der Waals surface area contributed by atoms with Crippen molar-refractivity contribution in [3.8, 4) is 5.75 Å². The van der Waals surface area contributed by atoms with Gasteiger partial charge in [-0.15, -0.1) is 0 Å². The molecule has 3 heteroatoms. The van der Waals surface area contributed by atoms with Crippen molar-refractivity contribution in [2.24, 2.45) is 5.73 Å². The third-order valence-electron chi connectivity index (χ3n) is 3.30. The van der Waals surface area contributed by atoms with Crippen LogP contribution in [0.1, 0.15) is 24.0 Å². The molecule has 2 N–H and O–H groups in total. The van der Waals surface area contributed by atoms with Gasteiger partial charge in [-0.2, -0.15) is 0 Å². The summed E-state index contributed by atoms with van der Waals surface area (Å²) in [7, 11) is 1.57. The fourth-order valence-electron chi connectivity index (χ4n) is 1.98. The highest BCUT2D eigenvalue weighted by molar-refractivity contribution is 5.46. The fraction of sp³-hybridized carbons (Fsp3) is 0.500. The molecule has 0 atom stereocenters. The molecule has 0 amide bonds. The van der Waals surface area contributed by atoms with E-state index in [1.807, 2.05) is 6.07 Å². The molecule has 82 valence electrons. The monoisotopic (exact) mass is 209 g/mol. The molecule has 0 aliphatic heterocycles. The van der Waals surface area contributed by atoms with Gasteiger partial charge in [-0.3, -0.25) is 0 Å². The van der Waals surface area contributed by atoms with Crippen molar-refractivity contribution in [2.75, 3.05) is 13.7 Å². The maximum absolute atomic E-state index is 13.3. The van der Waals surface area contributed by atoms with Crippen molar-refractivity contribution in [3.05, 3.63) is 29.1 Å². The van der Waals surface area contributed by atoms with Crippen LogP contribution in [0.25, 0.3) is 0 Å². The molecule has 0 unspecified atom stereocenters. The van der Waals surface area contributed by atoms with Crippen molar-refractivity contribution in [2.45, 2.75) is 25.2 Å². The molecule has 2 rings (SSSR count). The Labute approximate surface area is 89.2 Å². The lowest BCUT2D eigenvalue weighted by Crippen LogP contribution is -2.20. The second kappa shape index (κ2) is 3.49. The number of hydrogen-bond acceptors (Lipinski definition) is 2. The molecule has 15 heavy (non-hydrogen) atoms. The van der Waals surface area contributed by atoms with Crippen molar-refractivity contribution in [3.63, 3.8) is 0 Å². The third kappa shape index (κ3) is 1.61. The van der Waals surface area contributed by atoms with E-state index < -0.39 is 0 Å². The number of halogens is 1. The molecule has 1 aromatic carbocycles. The Morgan fingerprint density at radius 3 is 2.60 bits per heavy atom. The summed E-state index contributed by atoms with van der Waals surface area (Å²) in [6.45, 7) is 2.37. The van der Waals surface area contributed by atoms with Gasteiger partial charge in [0.05, 0.1) is 7.11 Å². The number of rotatable bonds is 3. The number of benzene rings is 1. The number of methoxy groups -OCH3 is 1. The first-order valence-electron chi connectivity index (χ1n) is 5.17. The normalized spacial score (nSPS) is 17.6. The fourth-order valence-corrected chi connectivity index (χ4v) is 1.98. The Balaban J connectivity index is 2.50. The maximum atomic E-state index is 13.3. The highest BCUT2D eigenvalue weighted by Gasteiger charge is 2.45. The molecule has 2 nitrogen and oxygen atoms in total. The van der Waals surface area contributed by atoms with Crippen LogP contribution in [0.2, 0.25) is 0 Å². The zero-order valence-electron chi connectivity index (χ0n) is 9.14. The largest absolute Gasteiger partial charge is 0.496 e. The summed E-state index contributed by atoms with van der Waals surface area (Å²) in [6.07, 6.45) is 2.15. The van der Waals surface area contributed by atoms with E-state index in [2.05, 4.69) is 0 Å². The summed E-state index contributed by atoms with van der Waals surface area (Å²) in [5, 5.41) is 0. The van der Waals surface area contributed by atoms with Crippen LogP contribution in [0.3, 0.4) is 0 Å². The molecule has 1 fully saturated rings. The van der Waals surface area contributed by atoms with Gasteiger partial charge in [0, 0.05) is 23.6 Å². The summed E-state index contributed by atoms with van der Waals surface area (Å²) in [4.78, 5) is 0. The lowest BCUT2D eigenvalue weighted by molar-refractivity contribution is 0.400. The van der Waals surface area contributed by atoms with E-state index in [-0.39, 0.29) is 11.2 Å². The third-order valence-corrected chi connectivity index (χ3v) is 3.30. The number of ether oxygens (including phenoxy) is 1. The Kier molecular flexibility index (Phi) is 2.43. The molecule has 1 aliphatic carbocycles. The van der Waals surface area contributed by atoms with Gasteiger partial charge in [-0.25, -0.2) is 4.39 Å². The van der Waals surface area contributed by atoms with Gasteiger partial charge in [0.25, 0.3) is 0 Å². The van der Waals surface area contributed by atoms with Gasteiger partial charge in [-0.1, -0.05) is 0 Å². The summed E-state index contributed by atoms with van der Waals surface area (Å²) in [5.74, 6) is 0.407. The van der Waals surface area contributed by atoms with Gasteiger partial charge >= 0.3 is 0 Å². The molecule has 0 bridgehead atoms. The van der Waals surface area contributed by atoms with Gasteiger partial charge in [-0.05, 0) is 31.4 Å². The summed E-state index contributed by atoms with van der Waals surface area (Å²) in [5.41, 5.74) is 7.53. The van der Waals surface area contributed by atoms with Crippen LogP contribution >= 0.6 is 0 Å². The van der Waals surface area contributed by atoms with Crippen molar-refractivity contribution in [1.82, 2.24) is 0 Å². The lowest BCUT2D eigenvalue weighted by atomic mass is 9.93. The molecule has 0 saturated heterocycles. The second-order valence-corrected chi connectivity index (χ2v) is 4.29. The Morgan fingerprint density at radius 2 is 2.13 bits per heavy atom. The number of nitrogens with two attached hydrogens (primary N) is 1. The van der Waals surface area contributed by atoms with Crippen LogP contribution in [-0.4, -0.2) is 13.7 Å². The van der Waals surface area contributed by atoms with Crippen molar-refractivity contribution < 1.29 is 9.13 Å². The molecule has 0 heterocycles. The lowest BCUT2D eigenvalue weighted by Gasteiger charge is -2.17. The van der Waals surface area contributed by atoms with Gasteiger partial charge in [0.1, 0.15) is 11.6 Å². The smallest absolute Gasteiger partial charge is 0.129 e. The summed E-state index contributed by atoms with van der Waals surface area (Å²) in [6, 6.07) is 3.33. The SMILES string of the molecule is COc1cc(F)c(C)cc1C1(CN)CC1. The minimum Gasteiger partial charge on any atom is -0.496 e. The van der Waals surface area contributed by atoms with E-state index in [0.29, 0.717) is 17.9 Å². The van der Waals surface area contributed by atoms with Crippen LogP contribution < -0.4 is 10.5 Å². The predicted molar refractivity (Wildman–Crippen MR) is 57.7 cm³/mol. The maximum Gasteiger partial charge on any atom is 0.129 e. The van der Waals surface area contributed by atoms with E-state index in [9.17, 15) is 4.39 Å². The van der Waals surface area contributed by atoms with E-state index in [0.717, 1.165) is 18.4 Å². The van der Waals surface area contributed by atoms with E-state index in [1.165, 1.54) is 6.07 Å². The number of aryl methyl sites for hydroxylation is 1. The first-order valence-corrected chi connectivity index (χ1v) is 5.17. The average molecular weight is 209 g/mol. The van der Waals surface area contributed by atoms with E-state index >= 15 is 0 Å². The Hall–Kier alpha value is -1.09. The highest BCUT2D eigenvalue weighted by atomic mass is 19.1. The van der Waals surface area contributed by atoms with Gasteiger partial charge < -0.3 is 10.5 Å². The minimum atomic E-state index is -0.219. The van der Waals surface area contributed by atoms with Crippen LogP contribution in [-0.2, 0) is 5.41 Å². The topological polar surface area (TPSA) is 35.2 Å². The standard InChI is InChI=1S/C12H16FNO/c1-8-5-9(12(7-14)3-4-12)11(15-2)6-10(8)13/h5-6H,3-4,7,14H2,1-2H3. The predicted octanol–water partition coefficient (Wildman–Crippen LogP) is 2.13. The summed E-state index contributed by atoms with van der Waals surface area (Å²) >= 11 is 0. The summed E-state index contributed by atoms with van der Waals surface area (Å²) < 4.78 is 18.6. The molecule has 1 aromatic rings. The van der Waals surface area contributed by atoms with Crippen molar-refractivity contribution >= 4 is 0 Å². The molecular formula is C12H16FNO. The van der Waals surface area contributed by atoms with Gasteiger partial charge in [0.2, 0.25) is 0 Å². The zero-order chi connectivity index (χ0) is 11.1.